The summed E-state index contributed by atoms with van der Waals surface area (Å²) >= 11 is 0. The van der Waals surface area contributed by atoms with Crippen molar-refractivity contribution in [2.75, 3.05) is 11.5 Å². The molecule has 1 aromatic rings. The molecule has 2 heterocycles. The molecule has 0 N–H and O–H groups in total. The first-order valence-electron chi connectivity index (χ1n) is 5.64. The summed E-state index contributed by atoms with van der Waals surface area (Å²) < 4.78 is 24.2. The van der Waals surface area contributed by atoms with E-state index in [1.165, 1.54) is 0 Å². The average molecular weight is 256 g/mol. The Kier molecular flexibility index (Phi) is 3.33. The van der Waals surface area contributed by atoms with Gasteiger partial charge in [-0.15, -0.1) is 0 Å². The molecule has 1 aliphatic heterocycles. The number of carbonyl (C=O) groups is 1. The summed E-state index contributed by atoms with van der Waals surface area (Å²) in [6, 6.07) is 0. The third-order valence-corrected chi connectivity index (χ3v) is 4.84. The number of carbonyl (C=O) groups excluding carboxylic acids is 1. The first-order valence-corrected chi connectivity index (χ1v) is 7.46. The highest BCUT2D eigenvalue weighted by Crippen LogP contribution is 2.22. The van der Waals surface area contributed by atoms with Gasteiger partial charge in [0.1, 0.15) is 5.78 Å². The number of rotatable bonds is 4. The third kappa shape index (κ3) is 3.39. The lowest BCUT2D eigenvalue weighted by atomic mass is 9.99. The van der Waals surface area contributed by atoms with Gasteiger partial charge in [0.15, 0.2) is 9.84 Å². The normalized spacial score (nSPS) is 22.8. The molecule has 17 heavy (non-hydrogen) atoms. The number of aryl methyl sites for hydroxylation is 1. The number of hydrogen-bond acceptors (Lipinski definition) is 4. The van der Waals surface area contributed by atoms with E-state index in [1.54, 1.807) is 17.9 Å². The van der Waals surface area contributed by atoms with E-state index in [-0.39, 0.29) is 23.2 Å². The van der Waals surface area contributed by atoms with Crippen LogP contribution in [0.25, 0.3) is 0 Å². The second-order valence-electron chi connectivity index (χ2n) is 4.71. The van der Waals surface area contributed by atoms with Crippen LogP contribution in [-0.4, -0.2) is 35.5 Å². The Labute approximate surface area is 101 Å². The van der Waals surface area contributed by atoms with Crippen LogP contribution in [0.3, 0.4) is 0 Å². The van der Waals surface area contributed by atoms with E-state index in [1.807, 2.05) is 6.20 Å². The smallest absolute Gasteiger partial charge is 0.150 e. The molecule has 1 aliphatic rings. The maximum absolute atomic E-state index is 11.8. The van der Waals surface area contributed by atoms with Gasteiger partial charge in [-0.2, -0.15) is 5.10 Å². The molecule has 6 heteroatoms. The van der Waals surface area contributed by atoms with E-state index in [0.717, 1.165) is 5.56 Å². The van der Waals surface area contributed by atoms with Crippen molar-refractivity contribution >= 4 is 15.6 Å². The Morgan fingerprint density at radius 3 is 2.88 bits per heavy atom. The fourth-order valence-corrected chi connectivity index (χ4v) is 4.08. The molecule has 94 valence electrons. The van der Waals surface area contributed by atoms with Gasteiger partial charge < -0.3 is 0 Å². The second-order valence-corrected chi connectivity index (χ2v) is 6.94. The number of sulfone groups is 1. The topological polar surface area (TPSA) is 69.0 Å². The van der Waals surface area contributed by atoms with Gasteiger partial charge in [0.25, 0.3) is 0 Å². The maximum atomic E-state index is 11.8. The van der Waals surface area contributed by atoms with Gasteiger partial charge >= 0.3 is 0 Å². The Bertz CT molecular complexity index is 519. The molecule has 0 spiro atoms. The van der Waals surface area contributed by atoms with Gasteiger partial charge in [-0.05, 0) is 17.9 Å². The molecule has 0 radical (unpaired) electrons. The fraction of sp³-hybridized carbons (Fsp3) is 0.636. The standard InChI is InChI=1S/C11H16N2O3S/c1-13-7-10(6-12-13)5-11(14)4-9-2-3-17(15,16)8-9/h6-7,9H,2-5,8H2,1H3. The Morgan fingerprint density at radius 1 is 1.59 bits per heavy atom. The Balaban J connectivity index is 1.86. The van der Waals surface area contributed by atoms with E-state index in [0.29, 0.717) is 19.3 Å². The lowest BCUT2D eigenvalue weighted by molar-refractivity contribution is -0.119. The summed E-state index contributed by atoms with van der Waals surface area (Å²) in [5.74, 6) is 0.521. The van der Waals surface area contributed by atoms with Gasteiger partial charge in [0.2, 0.25) is 0 Å². The van der Waals surface area contributed by atoms with Crippen molar-refractivity contribution in [3.8, 4) is 0 Å². The highest BCUT2D eigenvalue weighted by molar-refractivity contribution is 7.91. The van der Waals surface area contributed by atoms with Crippen LogP contribution in [-0.2, 0) is 28.1 Å². The molecule has 0 bridgehead atoms. The first kappa shape index (κ1) is 12.3. The maximum Gasteiger partial charge on any atom is 0.150 e. The van der Waals surface area contributed by atoms with Crippen molar-refractivity contribution in [1.82, 2.24) is 9.78 Å². The minimum Gasteiger partial charge on any atom is -0.299 e. The zero-order valence-corrected chi connectivity index (χ0v) is 10.6. The van der Waals surface area contributed by atoms with Crippen molar-refractivity contribution in [2.24, 2.45) is 13.0 Å². The number of nitrogens with zero attached hydrogens (tertiary/aromatic N) is 2. The van der Waals surface area contributed by atoms with Crippen LogP contribution >= 0.6 is 0 Å². The molecule has 1 aromatic heterocycles. The minimum absolute atomic E-state index is 0.0178. The summed E-state index contributed by atoms with van der Waals surface area (Å²) in [5.41, 5.74) is 0.887. The van der Waals surface area contributed by atoms with Gasteiger partial charge in [-0.3, -0.25) is 9.48 Å². The van der Waals surface area contributed by atoms with Crippen molar-refractivity contribution in [1.29, 1.82) is 0 Å². The van der Waals surface area contributed by atoms with Gasteiger partial charge in [-0.1, -0.05) is 0 Å². The monoisotopic (exact) mass is 256 g/mol. The average Bonchev–Trinajstić information content (AvgIpc) is 2.73. The molecule has 0 aromatic carbocycles. The summed E-state index contributed by atoms with van der Waals surface area (Å²) in [6.45, 7) is 0. The molecule has 1 fully saturated rings. The van der Waals surface area contributed by atoms with Crippen LogP contribution in [0.1, 0.15) is 18.4 Å². The van der Waals surface area contributed by atoms with Crippen LogP contribution in [0.4, 0.5) is 0 Å². The molecule has 1 unspecified atom stereocenters. The Morgan fingerprint density at radius 2 is 2.35 bits per heavy atom. The van der Waals surface area contributed by atoms with Crippen LogP contribution in [0.15, 0.2) is 12.4 Å². The van der Waals surface area contributed by atoms with E-state index >= 15 is 0 Å². The second kappa shape index (κ2) is 4.60. The molecule has 0 saturated carbocycles. The number of aromatic nitrogens is 2. The molecular weight excluding hydrogens is 240 g/mol. The SMILES string of the molecule is Cn1cc(CC(=O)CC2CCS(=O)(=O)C2)cn1. The minimum atomic E-state index is -2.88. The molecule has 0 aliphatic carbocycles. The van der Waals surface area contributed by atoms with Crippen molar-refractivity contribution < 1.29 is 13.2 Å². The summed E-state index contributed by atoms with van der Waals surface area (Å²) in [4.78, 5) is 11.8. The van der Waals surface area contributed by atoms with Crippen LogP contribution < -0.4 is 0 Å². The highest BCUT2D eigenvalue weighted by atomic mass is 32.2. The predicted octanol–water partition coefficient (Wildman–Crippen LogP) is 0.356. The highest BCUT2D eigenvalue weighted by Gasteiger charge is 2.29. The van der Waals surface area contributed by atoms with E-state index < -0.39 is 9.84 Å². The molecule has 2 rings (SSSR count). The van der Waals surface area contributed by atoms with E-state index in [2.05, 4.69) is 5.10 Å². The number of hydrogen-bond donors (Lipinski definition) is 0. The fourth-order valence-electron chi connectivity index (χ4n) is 2.22. The summed E-state index contributed by atoms with van der Waals surface area (Å²) in [7, 11) is -1.08. The van der Waals surface area contributed by atoms with Crippen molar-refractivity contribution in [2.45, 2.75) is 19.3 Å². The van der Waals surface area contributed by atoms with Gasteiger partial charge in [-0.25, -0.2) is 8.42 Å². The zero-order valence-electron chi connectivity index (χ0n) is 9.80. The Hall–Kier alpha value is -1.17. The molecule has 1 saturated heterocycles. The van der Waals surface area contributed by atoms with E-state index in [4.69, 9.17) is 0 Å². The summed E-state index contributed by atoms with van der Waals surface area (Å²) in [5, 5.41) is 3.99. The quantitative estimate of drug-likeness (QED) is 0.780. The molecule has 0 amide bonds. The lowest BCUT2D eigenvalue weighted by Crippen LogP contribution is -2.12. The lowest BCUT2D eigenvalue weighted by Gasteiger charge is -2.05. The molecule has 5 nitrogen and oxygen atoms in total. The molecule has 1 atom stereocenters. The van der Waals surface area contributed by atoms with Crippen molar-refractivity contribution in [3.63, 3.8) is 0 Å². The summed E-state index contributed by atoms with van der Waals surface area (Å²) in [6.07, 6.45) is 4.83. The largest absolute Gasteiger partial charge is 0.299 e. The van der Waals surface area contributed by atoms with E-state index in [9.17, 15) is 13.2 Å². The third-order valence-electron chi connectivity index (χ3n) is 3.00. The van der Waals surface area contributed by atoms with Crippen molar-refractivity contribution in [3.05, 3.63) is 18.0 Å². The number of ketones is 1. The first-order chi connectivity index (χ1) is 7.94. The van der Waals surface area contributed by atoms with Gasteiger partial charge in [0.05, 0.1) is 17.7 Å². The predicted molar refractivity (Wildman–Crippen MR) is 63.3 cm³/mol. The number of Topliss-reactive ketones (excluding diaryl/α,β-unsaturated/α-hetero) is 1. The van der Waals surface area contributed by atoms with Crippen LogP contribution in [0.5, 0.6) is 0 Å². The van der Waals surface area contributed by atoms with Gasteiger partial charge in [0, 0.05) is 26.1 Å². The van der Waals surface area contributed by atoms with Crippen LogP contribution in [0.2, 0.25) is 0 Å². The van der Waals surface area contributed by atoms with Crippen LogP contribution in [0, 0.1) is 5.92 Å². The molecular formula is C11H16N2O3S. The zero-order chi connectivity index (χ0) is 12.5.